The van der Waals surface area contributed by atoms with Gasteiger partial charge in [0.25, 0.3) is 0 Å². The Morgan fingerprint density at radius 2 is 2.00 bits per heavy atom. The number of nitrogens with zero attached hydrogens (tertiary/aromatic N) is 3. The Kier molecular flexibility index (Phi) is 6.44. The third-order valence-corrected chi connectivity index (χ3v) is 2.13. The van der Waals surface area contributed by atoms with Crippen LogP contribution in [0.15, 0.2) is 0 Å². The molecular formula is C11H21N7O2. The highest BCUT2D eigenvalue weighted by Crippen LogP contribution is 2.09. The summed E-state index contributed by atoms with van der Waals surface area (Å²) in [6.07, 6.45) is 0. The van der Waals surface area contributed by atoms with E-state index in [-0.39, 0.29) is 30.4 Å². The van der Waals surface area contributed by atoms with Gasteiger partial charge in [-0.1, -0.05) is 13.8 Å². The van der Waals surface area contributed by atoms with Gasteiger partial charge in [0.05, 0.1) is 13.2 Å². The molecule has 0 aliphatic carbocycles. The van der Waals surface area contributed by atoms with E-state index in [1.165, 1.54) is 0 Å². The minimum absolute atomic E-state index is 0.0618. The highest BCUT2D eigenvalue weighted by molar-refractivity contribution is 5.80. The average Bonchev–Trinajstić information content (AvgIpc) is 2.43. The van der Waals surface area contributed by atoms with E-state index in [9.17, 15) is 4.79 Å². The average molecular weight is 283 g/mol. The molecule has 0 atom stereocenters. The maximum Gasteiger partial charge on any atom is 0.323 e. The highest BCUT2D eigenvalue weighted by atomic mass is 16.5. The maximum atomic E-state index is 11.6. The SMILES string of the molecule is CCOc1nc(NN)nc(NCC(=O)NCC(C)C)n1. The summed E-state index contributed by atoms with van der Waals surface area (Å²) in [5, 5.41) is 5.57. The first-order valence-electron chi connectivity index (χ1n) is 6.41. The fraction of sp³-hybridized carbons (Fsp3) is 0.636. The number of amides is 1. The van der Waals surface area contributed by atoms with Crippen LogP contribution in [0.25, 0.3) is 0 Å². The van der Waals surface area contributed by atoms with Crippen molar-refractivity contribution in [1.29, 1.82) is 0 Å². The third-order valence-electron chi connectivity index (χ3n) is 2.13. The largest absolute Gasteiger partial charge is 0.464 e. The van der Waals surface area contributed by atoms with Crippen LogP contribution in [0.4, 0.5) is 11.9 Å². The standard InChI is InChI=1S/C11H21N7O2/c1-4-20-11-16-9(15-10(17-11)18-12)14-6-8(19)13-5-7(2)3/h7H,4-6,12H2,1-3H3,(H,13,19)(H2,14,15,16,17,18). The van der Waals surface area contributed by atoms with Crippen molar-refractivity contribution >= 4 is 17.8 Å². The molecule has 0 aliphatic rings. The fourth-order valence-corrected chi connectivity index (χ4v) is 1.23. The van der Waals surface area contributed by atoms with Crippen LogP contribution in [0.3, 0.4) is 0 Å². The number of carbonyl (C=O) groups is 1. The quantitative estimate of drug-likeness (QED) is 0.379. The van der Waals surface area contributed by atoms with E-state index in [0.29, 0.717) is 19.1 Å². The zero-order valence-corrected chi connectivity index (χ0v) is 11.9. The van der Waals surface area contributed by atoms with Crippen LogP contribution >= 0.6 is 0 Å². The summed E-state index contributed by atoms with van der Waals surface area (Å²) in [5.74, 6) is 5.89. The molecule has 1 rings (SSSR count). The molecule has 9 nitrogen and oxygen atoms in total. The van der Waals surface area contributed by atoms with Crippen LogP contribution in [0.5, 0.6) is 6.01 Å². The first-order chi connectivity index (χ1) is 9.55. The van der Waals surface area contributed by atoms with Crippen molar-refractivity contribution < 1.29 is 9.53 Å². The van der Waals surface area contributed by atoms with Gasteiger partial charge in [-0.15, -0.1) is 0 Å². The molecule has 1 heterocycles. The number of nitrogens with two attached hydrogens (primary N) is 1. The number of hydrogen-bond donors (Lipinski definition) is 4. The van der Waals surface area contributed by atoms with Crippen molar-refractivity contribution in [3.63, 3.8) is 0 Å². The Morgan fingerprint density at radius 3 is 2.60 bits per heavy atom. The number of nitrogens with one attached hydrogen (secondary N) is 3. The molecule has 0 bridgehead atoms. The van der Waals surface area contributed by atoms with Crippen LogP contribution in [0.2, 0.25) is 0 Å². The minimum Gasteiger partial charge on any atom is -0.464 e. The molecule has 112 valence electrons. The molecule has 0 saturated carbocycles. The number of aromatic nitrogens is 3. The van der Waals surface area contributed by atoms with Gasteiger partial charge in [-0.05, 0) is 12.8 Å². The topological polar surface area (TPSA) is 127 Å². The Morgan fingerprint density at radius 1 is 1.30 bits per heavy atom. The van der Waals surface area contributed by atoms with E-state index in [1.807, 2.05) is 20.8 Å². The van der Waals surface area contributed by atoms with Gasteiger partial charge >= 0.3 is 6.01 Å². The van der Waals surface area contributed by atoms with E-state index < -0.39 is 0 Å². The van der Waals surface area contributed by atoms with Crippen molar-refractivity contribution in [2.45, 2.75) is 20.8 Å². The molecule has 0 spiro atoms. The molecule has 20 heavy (non-hydrogen) atoms. The summed E-state index contributed by atoms with van der Waals surface area (Å²) in [6, 6.07) is 0.139. The predicted octanol–water partition coefficient (Wildman–Crippen LogP) is -0.260. The molecule has 0 aromatic carbocycles. The molecule has 0 aliphatic heterocycles. The molecule has 1 aromatic heterocycles. The molecule has 0 unspecified atom stereocenters. The highest BCUT2D eigenvalue weighted by Gasteiger charge is 2.08. The van der Waals surface area contributed by atoms with Crippen molar-refractivity contribution in [2.24, 2.45) is 11.8 Å². The molecule has 1 aromatic rings. The van der Waals surface area contributed by atoms with Gasteiger partial charge in [0.1, 0.15) is 0 Å². The zero-order chi connectivity index (χ0) is 15.0. The van der Waals surface area contributed by atoms with Crippen molar-refractivity contribution in [1.82, 2.24) is 20.3 Å². The van der Waals surface area contributed by atoms with Crippen molar-refractivity contribution in [2.75, 3.05) is 30.4 Å². The smallest absolute Gasteiger partial charge is 0.323 e. The number of ether oxygens (including phenoxy) is 1. The van der Waals surface area contributed by atoms with E-state index in [1.54, 1.807) is 0 Å². The summed E-state index contributed by atoms with van der Waals surface area (Å²) in [6.45, 7) is 6.96. The van der Waals surface area contributed by atoms with Crippen LogP contribution in [-0.4, -0.2) is 40.6 Å². The molecule has 0 fully saturated rings. The van der Waals surface area contributed by atoms with E-state index >= 15 is 0 Å². The predicted molar refractivity (Wildman–Crippen MR) is 75.1 cm³/mol. The van der Waals surface area contributed by atoms with Crippen LogP contribution in [-0.2, 0) is 4.79 Å². The summed E-state index contributed by atoms with van der Waals surface area (Å²) in [4.78, 5) is 23.5. The number of nitrogen functional groups attached to an aromatic ring is 1. The molecule has 0 radical (unpaired) electrons. The summed E-state index contributed by atoms with van der Waals surface area (Å²) < 4.78 is 5.18. The molecule has 5 N–H and O–H groups in total. The number of rotatable bonds is 8. The first-order valence-corrected chi connectivity index (χ1v) is 6.41. The number of carbonyl (C=O) groups excluding carboxylic acids is 1. The van der Waals surface area contributed by atoms with Gasteiger partial charge in [-0.3, -0.25) is 10.2 Å². The second-order valence-corrected chi connectivity index (χ2v) is 4.39. The molecule has 9 heteroatoms. The van der Waals surface area contributed by atoms with Crippen molar-refractivity contribution in [3.05, 3.63) is 0 Å². The lowest BCUT2D eigenvalue weighted by atomic mass is 10.2. The zero-order valence-electron chi connectivity index (χ0n) is 11.9. The van der Waals surface area contributed by atoms with Crippen molar-refractivity contribution in [3.8, 4) is 6.01 Å². The van der Waals surface area contributed by atoms with Crippen LogP contribution in [0, 0.1) is 5.92 Å². The van der Waals surface area contributed by atoms with Gasteiger partial charge in [0.2, 0.25) is 17.8 Å². The van der Waals surface area contributed by atoms with Crippen LogP contribution < -0.4 is 26.6 Å². The Labute approximate surface area is 117 Å². The van der Waals surface area contributed by atoms with E-state index in [0.717, 1.165) is 0 Å². The van der Waals surface area contributed by atoms with E-state index in [2.05, 4.69) is 31.0 Å². The minimum atomic E-state index is -0.140. The van der Waals surface area contributed by atoms with Gasteiger partial charge in [0.15, 0.2) is 0 Å². The van der Waals surface area contributed by atoms with Gasteiger partial charge in [-0.25, -0.2) is 5.84 Å². The lowest BCUT2D eigenvalue weighted by molar-refractivity contribution is -0.119. The normalized spacial score (nSPS) is 10.2. The first kappa shape index (κ1) is 15.9. The lowest BCUT2D eigenvalue weighted by Crippen LogP contribution is -2.33. The summed E-state index contributed by atoms with van der Waals surface area (Å²) in [7, 11) is 0. The second-order valence-electron chi connectivity index (χ2n) is 4.39. The monoisotopic (exact) mass is 283 g/mol. The lowest BCUT2D eigenvalue weighted by Gasteiger charge is -2.10. The number of hydrazine groups is 1. The van der Waals surface area contributed by atoms with E-state index in [4.69, 9.17) is 10.6 Å². The Hall–Kier alpha value is -2.16. The number of anilines is 2. The Bertz CT molecular complexity index is 439. The fourth-order valence-electron chi connectivity index (χ4n) is 1.23. The Balaban J connectivity index is 2.58. The summed E-state index contributed by atoms with van der Waals surface area (Å²) >= 11 is 0. The molecule has 1 amide bonds. The van der Waals surface area contributed by atoms with Gasteiger partial charge in [-0.2, -0.15) is 15.0 Å². The maximum absolute atomic E-state index is 11.6. The molecule has 0 saturated heterocycles. The third kappa shape index (κ3) is 5.65. The summed E-state index contributed by atoms with van der Waals surface area (Å²) in [5.41, 5.74) is 2.31. The molecular weight excluding hydrogens is 262 g/mol. The van der Waals surface area contributed by atoms with Gasteiger partial charge < -0.3 is 15.4 Å². The van der Waals surface area contributed by atoms with Gasteiger partial charge in [0, 0.05) is 6.54 Å². The second kappa shape index (κ2) is 8.10. The number of hydrogen-bond acceptors (Lipinski definition) is 8. The van der Waals surface area contributed by atoms with Crippen LogP contribution in [0.1, 0.15) is 20.8 Å².